The Labute approximate surface area is 326 Å². The minimum atomic E-state index is -1.25. The molecule has 0 amide bonds. The minimum absolute atomic E-state index is 0.0365. The number of nitrogens with two attached hydrogens (primary N) is 1. The lowest BCUT2D eigenvalue weighted by Crippen LogP contribution is -2.37. The Morgan fingerprint density at radius 2 is 1.26 bits per heavy atom. The van der Waals surface area contributed by atoms with Gasteiger partial charge in [-0.25, -0.2) is 29.9 Å². The number of alkyl halides is 1. The molecule has 3 aliphatic heterocycles. The molecule has 7 rings (SSSR count). The molecular formula is C35H44BrClN12O5. The Kier molecular flexibility index (Phi) is 12.2. The third-order valence-electron chi connectivity index (χ3n) is 11.3. The maximum Gasteiger partial charge on any atom is 0.167 e. The molecule has 4 N–H and O–H groups in total. The van der Waals surface area contributed by atoms with Crippen molar-refractivity contribution in [1.29, 1.82) is 15.8 Å². The largest absolute Gasteiger partial charge is 0.394 e. The number of aliphatic hydroxyl groups is 2. The second-order valence-electron chi connectivity index (χ2n) is 14.3. The van der Waals surface area contributed by atoms with E-state index in [1.807, 2.05) is 13.8 Å². The van der Waals surface area contributed by atoms with Crippen LogP contribution in [0.15, 0.2) is 25.3 Å². The molecule has 7 heterocycles. The van der Waals surface area contributed by atoms with Crippen LogP contribution in [0.2, 0.25) is 5.15 Å². The number of rotatable bonds is 5. The van der Waals surface area contributed by atoms with Crippen molar-refractivity contribution in [1.82, 2.24) is 39.0 Å². The number of nitriles is 3. The van der Waals surface area contributed by atoms with Crippen LogP contribution in [-0.4, -0.2) is 85.3 Å². The number of ether oxygens (including phenoxy) is 3. The molecular weight excluding hydrogens is 784 g/mol. The molecule has 0 bridgehead atoms. The summed E-state index contributed by atoms with van der Waals surface area (Å²) in [6.45, 7) is 13.3. The molecule has 19 heteroatoms. The minimum Gasteiger partial charge on any atom is -0.394 e. The van der Waals surface area contributed by atoms with Crippen LogP contribution < -0.4 is 5.73 Å². The maximum absolute atomic E-state index is 10.2. The van der Waals surface area contributed by atoms with E-state index in [1.54, 1.807) is 17.8 Å². The Hall–Kier alpha value is -4.06. The van der Waals surface area contributed by atoms with Crippen LogP contribution in [0, 0.1) is 62.1 Å². The van der Waals surface area contributed by atoms with Crippen LogP contribution >= 0.6 is 27.5 Å². The molecule has 3 saturated heterocycles. The van der Waals surface area contributed by atoms with Gasteiger partial charge in [0.05, 0.1) is 55.1 Å². The zero-order chi connectivity index (χ0) is 39.7. The van der Waals surface area contributed by atoms with E-state index in [-0.39, 0.29) is 34.4 Å². The summed E-state index contributed by atoms with van der Waals surface area (Å²) in [4.78, 5) is 24.5. The number of fused-ring (bicyclic) bond motifs is 2. The van der Waals surface area contributed by atoms with Crippen LogP contribution in [0.4, 0.5) is 5.82 Å². The molecule has 3 fully saturated rings. The van der Waals surface area contributed by atoms with Gasteiger partial charge in [0.2, 0.25) is 0 Å². The highest BCUT2D eigenvalue weighted by Crippen LogP contribution is 2.51. The molecule has 12 atom stereocenters. The number of hydrogen-bond donors (Lipinski definition) is 3. The SMILES string of the molecule is CC[C@H]1O[C@@H](n2cnc3c(Cl)ncnc32)[C@](C)(C#N)[C@@H]1C.CC[C@H]1O[C@H](Br)[C@](C)(C#N)[C@@H]1C.C[C@@]1(C#N)[C@H](O)[C@@H](CO)O[C@H]1n1cnc2c(N)ncnc21. The van der Waals surface area contributed by atoms with Gasteiger partial charge in [-0.15, -0.1) is 0 Å². The average Bonchev–Trinajstić information content (AvgIpc) is 3.97. The van der Waals surface area contributed by atoms with E-state index in [0.29, 0.717) is 33.4 Å². The van der Waals surface area contributed by atoms with Gasteiger partial charge in [-0.2, -0.15) is 15.8 Å². The zero-order valence-corrected chi connectivity index (χ0v) is 33.3. The number of aliphatic hydroxyl groups excluding tert-OH is 2. The average molecular weight is 828 g/mol. The first-order chi connectivity index (χ1) is 25.6. The Morgan fingerprint density at radius 1 is 0.778 bits per heavy atom. The summed E-state index contributed by atoms with van der Waals surface area (Å²) in [5.41, 5.74) is 5.36. The predicted molar refractivity (Wildman–Crippen MR) is 199 cm³/mol. The number of nitrogen functional groups attached to an aromatic ring is 1. The molecule has 288 valence electrons. The van der Waals surface area contributed by atoms with Crippen molar-refractivity contribution in [3.8, 4) is 18.2 Å². The number of hydrogen-bond acceptors (Lipinski definition) is 15. The standard InChI is InChI=1S/C14H16ClN5O.C12H14N6O3.C9H14BrNO/c1-4-9-8(2)14(3,5-16)13(21-9)20-7-19-10-11(15)17-6-18-12(10)20;1-12(3-13)8(20)6(2-19)21-11(12)18-5-17-7-9(14)15-4-16-10(7)18;1-4-7-6(2)9(3,5-11)8(10)12-7/h6-9,13H,4H2,1-3H3;4-6,8,11,19-20H,2H2,1H3,(H2,14,15,16);6-8H,4H2,1-3H3/t8-,9-,13-,14-;6-,8-,11-,12-;6-,7-,8+,9-/m111/s1. The van der Waals surface area contributed by atoms with Crippen molar-refractivity contribution in [2.75, 3.05) is 12.3 Å². The fourth-order valence-electron chi connectivity index (χ4n) is 7.17. The molecule has 4 aromatic rings. The van der Waals surface area contributed by atoms with Gasteiger partial charge >= 0.3 is 0 Å². The third-order valence-corrected chi connectivity index (χ3v) is 12.7. The van der Waals surface area contributed by atoms with Crippen LogP contribution in [0.25, 0.3) is 22.3 Å². The number of halogens is 2. The molecule has 54 heavy (non-hydrogen) atoms. The third kappa shape index (κ3) is 6.77. The lowest BCUT2D eigenvalue weighted by Gasteiger charge is -2.26. The van der Waals surface area contributed by atoms with Gasteiger partial charge < -0.3 is 30.2 Å². The molecule has 0 saturated carbocycles. The zero-order valence-electron chi connectivity index (χ0n) is 31.0. The fourth-order valence-corrected chi connectivity index (χ4v) is 8.15. The number of anilines is 1. The van der Waals surface area contributed by atoms with E-state index in [1.165, 1.54) is 23.5 Å². The van der Waals surface area contributed by atoms with Crippen molar-refractivity contribution < 1.29 is 24.4 Å². The quantitative estimate of drug-likeness (QED) is 0.180. The number of aromatic nitrogens is 8. The highest BCUT2D eigenvalue weighted by molar-refractivity contribution is 9.09. The normalized spacial score (nSPS) is 35.7. The van der Waals surface area contributed by atoms with Gasteiger partial charge in [-0.05, 0) is 33.6 Å². The van der Waals surface area contributed by atoms with Gasteiger partial charge in [-0.3, -0.25) is 9.13 Å². The second kappa shape index (κ2) is 16.0. The summed E-state index contributed by atoms with van der Waals surface area (Å²) < 4.78 is 20.7. The van der Waals surface area contributed by atoms with Gasteiger partial charge in [0.15, 0.2) is 34.7 Å². The van der Waals surface area contributed by atoms with E-state index in [4.69, 9.17) is 36.8 Å². The smallest absolute Gasteiger partial charge is 0.167 e. The van der Waals surface area contributed by atoms with Crippen molar-refractivity contribution in [2.45, 2.75) is 103 Å². The van der Waals surface area contributed by atoms with Crippen molar-refractivity contribution in [3.63, 3.8) is 0 Å². The lowest BCUT2D eigenvalue weighted by atomic mass is 9.77. The van der Waals surface area contributed by atoms with E-state index in [9.17, 15) is 20.7 Å². The monoisotopic (exact) mass is 826 g/mol. The number of imidazole rings is 2. The lowest BCUT2D eigenvalue weighted by molar-refractivity contribution is -0.0469. The fraction of sp³-hybridized carbons (Fsp3) is 0.629. The summed E-state index contributed by atoms with van der Waals surface area (Å²) >= 11 is 9.43. The van der Waals surface area contributed by atoms with E-state index in [2.05, 4.69) is 91.7 Å². The molecule has 0 spiro atoms. The summed E-state index contributed by atoms with van der Waals surface area (Å²) in [6, 6.07) is 6.82. The summed E-state index contributed by atoms with van der Waals surface area (Å²) in [7, 11) is 0. The van der Waals surface area contributed by atoms with Gasteiger partial charge in [0.25, 0.3) is 0 Å². The summed E-state index contributed by atoms with van der Waals surface area (Å²) in [5, 5.41) is 47.8. The number of nitrogens with zero attached hydrogens (tertiary/aromatic N) is 11. The van der Waals surface area contributed by atoms with Crippen LogP contribution in [0.1, 0.15) is 73.8 Å². The van der Waals surface area contributed by atoms with Gasteiger partial charge in [0.1, 0.15) is 51.7 Å². The molecule has 0 aromatic carbocycles. The van der Waals surface area contributed by atoms with Crippen molar-refractivity contribution in [3.05, 3.63) is 30.5 Å². The first-order valence-corrected chi connectivity index (χ1v) is 18.8. The molecule has 0 aliphatic carbocycles. The van der Waals surface area contributed by atoms with Crippen LogP contribution in [-0.2, 0) is 14.2 Å². The first kappa shape index (κ1) is 41.1. The Morgan fingerprint density at radius 3 is 1.78 bits per heavy atom. The topological polar surface area (TPSA) is 253 Å². The highest BCUT2D eigenvalue weighted by Gasteiger charge is 2.55. The van der Waals surface area contributed by atoms with E-state index in [0.717, 1.165) is 12.8 Å². The molecule has 0 unspecified atom stereocenters. The van der Waals surface area contributed by atoms with Gasteiger partial charge in [0, 0.05) is 11.8 Å². The maximum atomic E-state index is 10.2. The Bertz CT molecular complexity index is 1980. The summed E-state index contributed by atoms with van der Waals surface area (Å²) in [5.74, 6) is 0.638. The first-order valence-electron chi connectivity index (χ1n) is 17.5. The Balaban J connectivity index is 0.000000162. The van der Waals surface area contributed by atoms with Crippen molar-refractivity contribution in [2.24, 2.45) is 28.1 Å². The molecule has 0 radical (unpaired) electrons. The van der Waals surface area contributed by atoms with Crippen molar-refractivity contribution >= 4 is 55.7 Å². The highest BCUT2D eigenvalue weighted by atomic mass is 79.9. The predicted octanol–water partition coefficient (Wildman–Crippen LogP) is 4.82. The molecule has 4 aromatic heterocycles. The van der Waals surface area contributed by atoms with E-state index < -0.39 is 42.1 Å². The molecule has 17 nitrogen and oxygen atoms in total. The van der Waals surface area contributed by atoms with Crippen LogP contribution in [0.5, 0.6) is 0 Å². The second-order valence-corrected chi connectivity index (χ2v) is 15.5. The van der Waals surface area contributed by atoms with Crippen LogP contribution in [0.3, 0.4) is 0 Å². The van der Waals surface area contributed by atoms with E-state index >= 15 is 0 Å². The summed E-state index contributed by atoms with van der Waals surface area (Å²) in [6.07, 6.45) is 4.57. The molecule has 3 aliphatic rings. The van der Waals surface area contributed by atoms with Gasteiger partial charge in [-0.1, -0.05) is 55.2 Å².